The normalized spacial score (nSPS) is 10.9. The Morgan fingerprint density at radius 1 is 1.44 bits per heavy atom. The quantitative estimate of drug-likeness (QED) is 0.770. The topological polar surface area (TPSA) is 32.6 Å². The molecule has 0 bridgehead atoms. The molecule has 2 aromatic rings. The summed E-state index contributed by atoms with van der Waals surface area (Å²) in [5.41, 5.74) is 0.993. The molecular weight excluding hydrogens is 200 g/mol. The summed E-state index contributed by atoms with van der Waals surface area (Å²) in [6, 6.07) is 6.17. The molecule has 0 amide bonds. The number of likely N-dealkylation sites (N-methyl/N-ethyl adjacent to an activating group) is 2. The van der Waals surface area contributed by atoms with Gasteiger partial charge in [0, 0.05) is 32.5 Å². The second-order valence-corrected chi connectivity index (χ2v) is 3.81. The number of aromatic nitrogens is 2. The number of nitrogens with one attached hydrogen (secondary N) is 1. The molecule has 0 atom stereocenters. The summed E-state index contributed by atoms with van der Waals surface area (Å²) >= 11 is 0. The van der Waals surface area contributed by atoms with E-state index < -0.39 is 0 Å². The molecule has 2 rings (SSSR count). The largest absolute Gasteiger partial charge is 0.359 e. The molecular formula is C12H18N4. The van der Waals surface area contributed by atoms with Gasteiger partial charge in [-0.15, -0.1) is 0 Å². The minimum atomic E-state index is 0.991. The van der Waals surface area contributed by atoms with E-state index in [4.69, 9.17) is 0 Å². The average Bonchev–Trinajstić information content (AvgIpc) is 2.76. The maximum absolute atomic E-state index is 4.28. The van der Waals surface area contributed by atoms with E-state index in [1.807, 2.05) is 24.5 Å². The molecule has 0 radical (unpaired) electrons. The zero-order valence-electron chi connectivity index (χ0n) is 9.85. The lowest BCUT2D eigenvalue weighted by Crippen LogP contribution is -2.29. The minimum absolute atomic E-state index is 0.991. The van der Waals surface area contributed by atoms with Crippen LogP contribution in [0.3, 0.4) is 0 Å². The van der Waals surface area contributed by atoms with Crippen LogP contribution in [0, 0.1) is 0 Å². The molecule has 16 heavy (non-hydrogen) atoms. The Kier molecular flexibility index (Phi) is 3.41. The summed E-state index contributed by atoms with van der Waals surface area (Å²) in [5, 5.41) is 3.32. The Labute approximate surface area is 95.9 Å². The van der Waals surface area contributed by atoms with Crippen molar-refractivity contribution >= 4 is 11.5 Å². The van der Waals surface area contributed by atoms with E-state index >= 15 is 0 Å². The molecule has 0 saturated heterocycles. The molecule has 0 unspecified atom stereocenters. The SMILES string of the molecule is CCNCCN(C)c1cccc2nccn12. The lowest BCUT2D eigenvalue weighted by molar-refractivity contribution is 0.701. The average molecular weight is 218 g/mol. The highest BCUT2D eigenvalue weighted by Gasteiger charge is 2.04. The number of hydrogen-bond acceptors (Lipinski definition) is 3. The van der Waals surface area contributed by atoms with E-state index in [-0.39, 0.29) is 0 Å². The number of imidazole rings is 1. The molecule has 86 valence electrons. The highest BCUT2D eigenvalue weighted by Crippen LogP contribution is 2.14. The molecule has 2 heterocycles. The van der Waals surface area contributed by atoms with Gasteiger partial charge in [-0.1, -0.05) is 13.0 Å². The van der Waals surface area contributed by atoms with Crippen LogP contribution in [0.25, 0.3) is 5.65 Å². The fourth-order valence-electron chi connectivity index (χ4n) is 1.78. The number of hydrogen-bond donors (Lipinski definition) is 1. The van der Waals surface area contributed by atoms with Crippen LogP contribution in [0.1, 0.15) is 6.92 Å². The predicted octanol–water partition coefficient (Wildman–Crippen LogP) is 1.38. The lowest BCUT2D eigenvalue weighted by atomic mass is 10.4. The van der Waals surface area contributed by atoms with Gasteiger partial charge in [-0.3, -0.25) is 4.40 Å². The summed E-state index contributed by atoms with van der Waals surface area (Å²) < 4.78 is 2.10. The number of fused-ring (bicyclic) bond motifs is 1. The summed E-state index contributed by atoms with van der Waals surface area (Å²) in [6.45, 7) is 5.13. The molecule has 0 fully saturated rings. The molecule has 0 spiro atoms. The van der Waals surface area contributed by atoms with Gasteiger partial charge in [-0.25, -0.2) is 4.98 Å². The van der Waals surface area contributed by atoms with Crippen LogP contribution in [0.5, 0.6) is 0 Å². The predicted molar refractivity (Wildman–Crippen MR) is 67.0 cm³/mol. The summed E-state index contributed by atoms with van der Waals surface area (Å²) in [6.07, 6.45) is 3.82. The van der Waals surface area contributed by atoms with E-state index in [9.17, 15) is 0 Å². The van der Waals surface area contributed by atoms with E-state index in [1.54, 1.807) is 0 Å². The summed E-state index contributed by atoms with van der Waals surface area (Å²) in [5.74, 6) is 1.17. The molecule has 0 aromatic carbocycles. The first-order chi connectivity index (χ1) is 7.83. The van der Waals surface area contributed by atoms with Crippen LogP contribution in [0.15, 0.2) is 30.6 Å². The van der Waals surface area contributed by atoms with Crippen LogP contribution in [-0.2, 0) is 0 Å². The van der Waals surface area contributed by atoms with Crippen molar-refractivity contribution in [3.63, 3.8) is 0 Å². The van der Waals surface area contributed by atoms with Crippen LogP contribution in [0.2, 0.25) is 0 Å². The van der Waals surface area contributed by atoms with E-state index in [0.717, 1.165) is 25.3 Å². The molecule has 2 aromatic heterocycles. The molecule has 0 aliphatic rings. The van der Waals surface area contributed by atoms with Gasteiger partial charge < -0.3 is 10.2 Å². The first-order valence-electron chi connectivity index (χ1n) is 5.67. The van der Waals surface area contributed by atoms with Crippen molar-refractivity contribution in [3.8, 4) is 0 Å². The summed E-state index contributed by atoms with van der Waals surface area (Å²) in [7, 11) is 2.10. The maximum Gasteiger partial charge on any atom is 0.138 e. The Bertz CT molecular complexity index is 449. The first-order valence-corrected chi connectivity index (χ1v) is 5.67. The van der Waals surface area contributed by atoms with Crippen LogP contribution in [-0.4, -0.2) is 36.1 Å². The van der Waals surface area contributed by atoms with Gasteiger partial charge in [0.05, 0.1) is 0 Å². The minimum Gasteiger partial charge on any atom is -0.359 e. The lowest BCUT2D eigenvalue weighted by Gasteiger charge is -2.20. The Morgan fingerprint density at radius 2 is 2.31 bits per heavy atom. The van der Waals surface area contributed by atoms with E-state index in [2.05, 4.69) is 39.6 Å². The standard InChI is InChI=1S/C12H18N4/c1-3-13-7-9-15(2)12-6-4-5-11-14-8-10-16(11)12/h4-6,8,10,13H,3,7,9H2,1-2H3. The highest BCUT2D eigenvalue weighted by molar-refractivity contribution is 5.51. The van der Waals surface area contributed by atoms with Crippen LogP contribution >= 0.6 is 0 Å². The van der Waals surface area contributed by atoms with Gasteiger partial charge in [0.1, 0.15) is 11.5 Å². The smallest absolute Gasteiger partial charge is 0.138 e. The zero-order valence-corrected chi connectivity index (χ0v) is 9.85. The Morgan fingerprint density at radius 3 is 3.12 bits per heavy atom. The Hall–Kier alpha value is -1.55. The first kappa shape index (κ1) is 11.0. The van der Waals surface area contributed by atoms with Crippen LogP contribution in [0.4, 0.5) is 5.82 Å². The van der Waals surface area contributed by atoms with Crippen LogP contribution < -0.4 is 10.2 Å². The van der Waals surface area contributed by atoms with E-state index in [1.165, 1.54) is 5.82 Å². The number of anilines is 1. The fraction of sp³-hybridized carbons (Fsp3) is 0.417. The number of rotatable bonds is 5. The van der Waals surface area contributed by atoms with Gasteiger partial charge in [-0.05, 0) is 18.7 Å². The van der Waals surface area contributed by atoms with E-state index in [0.29, 0.717) is 0 Å². The summed E-state index contributed by atoms with van der Waals surface area (Å²) in [4.78, 5) is 6.51. The van der Waals surface area contributed by atoms with Gasteiger partial charge in [0.25, 0.3) is 0 Å². The van der Waals surface area contributed by atoms with Crippen molar-refractivity contribution in [2.75, 3.05) is 31.6 Å². The monoisotopic (exact) mass is 218 g/mol. The van der Waals surface area contributed by atoms with Crippen molar-refractivity contribution in [1.29, 1.82) is 0 Å². The fourth-order valence-corrected chi connectivity index (χ4v) is 1.78. The van der Waals surface area contributed by atoms with Crippen molar-refractivity contribution in [1.82, 2.24) is 14.7 Å². The zero-order chi connectivity index (χ0) is 11.4. The van der Waals surface area contributed by atoms with Gasteiger partial charge in [0.2, 0.25) is 0 Å². The third kappa shape index (κ3) is 2.17. The molecule has 4 nitrogen and oxygen atoms in total. The molecule has 0 saturated carbocycles. The Balaban J connectivity index is 2.15. The molecule has 0 aliphatic heterocycles. The maximum atomic E-state index is 4.28. The molecule has 1 N–H and O–H groups in total. The third-order valence-electron chi connectivity index (χ3n) is 2.67. The van der Waals surface area contributed by atoms with Crippen molar-refractivity contribution < 1.29 is 0 Å². The van der Waals surface area contributed by atoms with Gasteiger partial charge >= 0.3 is 0 Å². The van der Waals surface area contributed by atoms with Crippen molar-refractivity contribution in [2.45, 2.75) is 6.92 Å². The highest BCUT2D eigenvalue weighted by atomic mass is 15.2. The van der Waals surface area contributed by atoms with Gasteiger partial charge in [-0.2, -0.15) is 0 Å². The van der Waals surface area contributed by atoms with Crippen molar-refractivity contribution in [3.05, 3.63) is 30.6 Å². The molecule has 0 aliphatic carbocycles. The second kappa shape index (κ2) is 4.99. The van der Waals surface area contributed by atoms with Gasteiger partial charge in [0.15, 0.2) is 0 Å². The number of nitrogens with zero attached hydrogens (tertiary/aromatic N) is 3. The molecule has 4 heteroatoms. The van der Waals surface area contributed by atoms with Crippen molar-refractivity contribution in [2.24, 2.45) is 0 Å². The third-order valence-corrected chi connectivity index (χ3v) is 2.67. The number of pyridine rings is 1. The second-order valence-electron chi connectivity index (χ2n) is 3.81.